The van der Waals surface area contributed by atoms with Crippen LogP contribution in [-0.2, 0) is 0 Å². The number of fused-ring (bicyclic) bond motifs is 1. The van der Waals surface area contributed by atoms with Crippen LogP contribution in [0.4, 0.5) is 13.2 Å². The zero-order valence-corrected chi connectivity index (χ0v) is 17.3. The number of carbonyl (C=O) groups is 2. The van der Waals surface area contributed by atoms with Crippen LogP contribution in [0, 0.1) is 11.2 Å². The molecule has 33 heavy (non-hydrogen) atoms. The summed E-state index contributed by atoms with van der Waals surface area (Å²) in [6.07, 6.45) is 4.35. The second kappa shape index (κ2) is 7.75. The van der Waals surface area contributed by atoms with Gasteiger partial charge in [0.15, 0.2) is 5.69 Å². The summed E-state index contributed by atoms with van der Waals surface area (Å²) < 4.78 is 46.2. The molecule has 2 aliphatic rings. The lowest BCUT2D eigenvalue weighted by Gasteiger charge is -2.57. The third kappa shape index (κ3) is 3.77. The highest BCUT2D eigenvalue weighted by atomic mass is 19.3. The maximum Gasteiger partial charge on any atom is 0.333 e. The molecule has 2 heterocycles. The molecule has 2 amide bonds. The van der Waals surface area contributed by atoms with Crippen LogP contribution < -0.4 is 15.8 Å². The number of nitrogens with two attached hydrogens (primary N) is 1. The number of ether oxygens (including phenoxy) is 1. The van der Waals surface area contributed by atoms with E-state index >= 15 is 0 Å². The topological polar surface area (TPSA) is 112 Å². The molecule has 0 radical (unpaired) electrons. The van der Waals surface area contributed by atoms with Gasteiger partial charge < -0.3 is 15.8 Å². The molecule has 0 atom stereocenters. The fourth-order valence-electron chi connectivity index (χ4n) is 4.92. The van der Waals surface area contributed by atoms with Crippen LogP contribution in [-0.4, -0.2) is 38.7 Å². The minimum absolute atomic E-state index is 0.0256. The average molecular weight is 459 g/mol. The number of rotatable bonds is 6. The number of hydrogen-bond acceptors (Lipinski definition) is 5. The molecule has 0 saturated heterocycles. The Morgan fingerprint density at radius 2 is 1.97 bits per heavy atom. The molecule has 0 bridgehead atoms. The van der Waals surface area contributed by atoms with Crippen LogP contribution in [0.25, 0.3) is 10.9 Å². The van der Waals surface area contributed by atoms with Gasteiger partial charge in [0.25, 0.3) is 11.8 Å². The maximum absolute atomic E-state index is 13.5. The Hall–Kier alpha value is -3.63. The number of halogens is 3. The molecule has 0 unspecified atom stereocenters. The van der Waals surface area contributed by atoms with E-state index in [0.29, 0.717) is 17.5 Å². The van der Waals surface area contributed by atoms with Gasteiger partial charge in [-0.15, -0.1) is 0 Å². The highest BCUT2D eigenvalue weighted by molar-refractivity contribution is 6.05. The van der Waals surface area contributed by atoms with E-state index in [-0.39, 0.29) is 45.6 Å². The average Bonchev–Trinajstić information content (AvgIpc) is 3.09. The molecule has 2 aromatic heterocycles. The summed E-state index contributed by atoms with van der Waals surface area (Å²) in [6, 6.07) is 6.36. The van der Waals surface area contributed by atoms with E-state index in [0.717, 1.165) is 25.0 Å². The molecule has 11 heteroatoms. The fourth-order valence-corrected chi connectivity index (χ4v) is 4.92. The van der Waals surface area contributed by atoms with Crippen molar-refractivity contribution in [2.24, 2.45) is 11.1 Å². The van der Waals surface area contributed by atoms with Gasteiger partial charge in [-0.2, -0.15) is 13.9 Å². The molecule has 1 aromatic carbocycles. The van der Waals surface area contributed by atoms with E-state index in [4.69, 9.17) is 10.5 Å². The van der Waals surface area contributed by atoms with E-state index in [2.05, 4.69) is 15.4 Å². The molecule has 172 valence electrons. The normalized spacial score (nSPS) is 23.9. The monoisotopic (exact) mass is 459 g/mol. The molecule has 3 N–H and O–H groups in total. The minimum Gasteiger partial charge on any atom is -0.474 e. The lowest BCUT2D eigenvalue weighted by atomic mass is 9.53. The summed E-state index contributed by atoms with van der Waals surface area (Å²) in [5.41, 5.74) is 5.31. The Labute approximate surface area is 185 Å². The van der Waals surface area contributed by atoms with Crippen LogP contribution >= 0.6 is 0 Å². The Morgan fingerprint density at radius 1 is 1.21 bits per heavy atom. The number of pyridine rings is 1. The summed E-state index contributed by atoms with van der Waals surface area (Å²) in [4.78, 5) is 28.3. The van der Waals surface area contributed by atoms with Crippen molar-refractivity contribution in [1.82, 2.24) is 20.1 Å². The van der Waals surface area contributed by atoms with Crippen molar-refractivity contribution in [3.05, 3.63) is 53.6 Å². The fraction of sp³-hybridized carbons (Fsp3) is 0.364. The first-order valence-electron chi connectivity index (χ1n) is 10.4. The number of hydrogen-bond donors (Lipinski definition) is 2. The molecule has 2 fully saturated rings. The van der Waals surface area contributed by atoms with Crippen LogP contribution in [0.15, 0.2) is 36.5 Å². The summed E-state index contributed by atoms with van der Waals surface area (Å²) in [7, 11) is 0. The van der Waals surface area contributed by atoms with Crippen LogP contribution in [0.5, 0.6) is 5.88 Å². The second-order valence-electron chi connectivity index (χ2n) is 8.68. The molecule has 8 nitrogen and oxygen atoms in total. The maximum atomic E-state index is 13.5. The van der Waals surface area contributed by atoms with Crippen molar-refractivity contribution < 1.29 is 27.5 Å². The summed E-state index contributed by atoms with van der Waals surface area (Å²) >= 11 is 0. The van der Waals surface area contributed by atoms with Gasteiger partial charge in [-0.05, 0) is 55.4 Å². The molecule has 0 aliphatic heterocycles. The van der Waals surface area contributed by atoms with Crippen molar-refractivity contribution in [3.63, 3.8) is 0 Å². The number of primary amides is 1. The molecule has 1 spiro atoms. The molecular weight excluding hydrogens is 439 g/mol. The van der Waals surface area contributed by atoms with E-state index in [1.54, 1.807) is 12.1 Å². The molecular formula is C22H20F3N5O3. The van der Waals surface area contributed by atoms with Crippen LogP contribution in [0.2, 0.25) is 0 Å². The van der Waals surface area contributed by atoms with E-state index < -0.39 is 24.2 Å². The van der Waals surface area contributed by atoms with Crippen molar-refractivity contribution in [2.75, 3.05) is 0 Å². The van der Waals surface area contributed by atoms with Crippen molar-refractivity contribution in [3.8, 4) is 5.88 Å². The first kappa shape index (κ1) is 21.2. The van der Waals surface area contributed by atoms with Gasteiger partial charge in [0, 0.05) is 23.7 Å². The first-order valence-corrected chi connectivity index (χ1v) is 10.4. The second-order valence-corrected chi connectivity index (χ2v) is 8.68. The number of amides is 2. The molecule has 3 aromatic rings. The molecule has 2 aliphatic carbocycles. The number of carbonyl (C=O) groups excluding carboxylic acids is 2. The van der Waals surface area contributed by atoms with Gasteiger partial charge in [-0.3, -0.25) is 9.59 Å². The number of alkyl halides is 2. The minimum atomic E-state index is -3.00. The van der Waals surface area contributed by atoms with Gasteiger partial charge >= 0.3 is 6.55 Å². The zero-order valence-electron chi connectivity index (χ0n) is 17.3. The summed E-state index contributed by atoms with van der Waals surface area (Å²) in [5, 5.41) is 6.72. The van der Waals surface area contributed by atoms with Crippen LogP contribution in [0.1, 0.15) is 53.1 Å². The number of benzene rings is 1. The van der Waals surface area contributed by atoms with E-state index in [9.17, 15) is 22.8 Å². The van der Waals surface area contributed by atoms with Gasteiger partial charge in [0.2, 0.25) is 5.88 Å². The number of nitrogens with one attached hydrogen (secondary N) is 1. The van der Waals surface area contributed by atoms with Crippen molar-refractivity contribution >= 4 is 22.7 Å². The van der Waals surface area contributed by atoms with Gasteiger partial charge in [-0.25, -0.2) is 14.1 Å². The third-order valence-corrected chi connectivity index (χ3v) is 6.40. The zero-order chi connectivity index (χ0) is 23.3. The van der Waals surface area contributed by atoms with Crippen molar-refractivity contribution in [1.29, 1.82) is 0 Å². The SMILES string of the molecule is NC(=O)c1cccnc1OC1CC2(CC(NC(=O)c3nn(C(F)F)c4cc(F)ccc34)C2)C1. The Kier molecular flexibility index (Phi) is 4.98. The summed E-state index contributed by atoms with van der Waals surface area (Å²) in [6.45, 7) is -3.00. The Morgan fingerprint density at radius 3 is 2.67 bits per heavy atom. The quantitative estimate of drug-likeness (QED) is 0.588. The highest BCUT2D eigenvalue weighted by Crippen LogP contribution is 2.56. The molecule has 5 rings (SSSR count). The van der Waals surface area contributed by atoms with Gasteiger partial charge in [0.05, 0.1) is 5.52 Å². The van der Waals surface area contributed by atoms with E-state index in [1.165, 1.54) is 12.3 Å². The first-order chi connectivity index (χ1) is 15.7. The number of aromatic nitrogens is 3. The lowest BCUT2D eigenvalue weighted by molar-refractivity contribution is -0.0848. The van der Waals surface area contributed by atoms with Crippen LogP contribution in [0.3, 0.4) is 0 Å². The smallest absolute Gasteiger partial charge is 0.333 e. The Balaban J connectivity index is 1.19. The Bertz CT molecular complexity index is 1250. The molecule has 2 saturated carbocycles. The standard InChI is InChI=1S/C22H20F3N5O3/c23-11-3-4-14-16(6-11)30(21(24)25)29-17(14)19(32)28-12-7-22(8-12)9-13(10-22)33-20-15(18(26)31)2-1-5-27-20/h1-6,12-13,21H,7-10H2,(H2,26,31)(H,28,32). The van der Waals surface area contributed by atoms with E-state index in [1.807, 2.05) is 0 Å². The summed E-state index contributed by atoms with van der Waals surface area (Å²) in [5.74, 6) is -1.65. The highest BCUT2D eigenvalue weighted by Gasteiger charge is 2.54. The predicted molar refractivity (Wildman–Crippen MR) is 110 cm³/mol. The van der Waals surface area contributed by atoms with Crippen molar-refractivity contribution in [2.45, 2.75) is 44.4 Å². The van der Waals surface area contributed by atoms with Gasteiger partial charge in [-0.1, -0.05) is 0 Å². The number of nitrogens with zero attached hydrogens (tertiary/aromatic N) is 3. The third-order valence-electron chi connectivity index (χ3n) is 6.40. The lowest BCUT2D eigenvalue weighted by Crippen LogP contribution is -2.58. The largest absolute Gasteiger partial charge is 0.474 e. The van der Waals surface area contributed by atoms with Gasteiger partial charge in [0.1, 0.15) is 17.5 Å². The predicted octanol–water partition coefficient (Wildman–Crippen LogP) is 3.18.